The molecule has 2 nitrogen and oxygen atoms in total. The predicted molar refractivity (Wildman–Crippen MR) is 57.9 cm³/mol. The van der Waals surface area contributed by atoms with Gasteiger partial charge in [0.2, 0.25) is 0 Å². The fourth-order valence-corrected chi connectivity index (χ4v) is 1.67. The minimum absolute atomic E-state index is 0.368. The van der Waals surface area contributed by atoms with Crippen LogP contribution in [0, 0.1) is 0 Å². The van der Waals surface area contributed by atoms with Gasteiger partial charge in [-0.25, -0.2) is 0 Å². The van der Waals surface area contributed by atoms with Crippen molar-refractivity contribution in [1.82, 2.24) is 0 Å². The first kappa shape index (κ1) is 13.5. The number of alkyl halides is 3. The van der Waals surface area contributed by atoms with Gasteiger partial charge in [0, 0.05) is 17.4 Å². The molecule has 1 aromatic rings. The molecule has 1 rings (SSSR count). The standard InChI is InChI=1S/C10H11BrF3NO/c11-8-4-2-1-3-7(8)5-9(16,6-15)10(12,13)14/h1-4,16H,5-6,15H2. The lowest BCUT2D eigenvalue weighted by atomic mass is 9.94. The Morgan fingerprint density at radius 3 is 2.25 bits per heavy atom. The number of nitrogens with two attached hydrogens (primary N) is 1. The van der Waals surface area contributed by atoms with Crippen LogP contribution in [-0.2, 0) is 6.42 Å². The summed E-state index contributed by atoms with van der Waals surface area (Å²) in [6, 6.07) is 6.41. The third-order valence-corrected chi connectivity index (χ3v) is 3.08. The molecule has 0 radical (unpaired) electrons. The van der Waals surface area contributed by atoms with Crippen LogP contribution in [-0.4, -0.2) is 23.4 Å². The van der Waals surface area contributed by atoms with E-state index in [2.05, 4.69) is 15.9 Å². The third kappa shape index (κ3) is 2.75. The van der Waals surface area contributed by atoms with Crippen molar-refractivity contribution in [3.63, 3.8) is 0 Å². The van der Waals surface area contributed by atoms with Crippen LogP contribution in [0.5, 0.6) is 0 Å². The number of benzene rings is 1. The molecule has 0 fully saturated rings. The summed E-state index contributed by atoms with van der Waals surface area (Å²) < 4.78 is 38.2. The van der Waals surface area contributed by atoms with Crippen LogP contribution in [0.25, 0.3) is 0 Å². The van der Waals surface area contributed by atoms with Crippen LogP contribution in [0.3, 0.4) is 0 Å². The van der Waals surface area contributed by atoms with Crippen LogP contribution in [0.1, 0.15) is 5.56 Å². The third-order valence-electron chi connectivity index (χ3n) is 2.31. The summed E-state index contributed by atoms with van der Waals surface area (Å²) in [4.78, 5) is 0. The minimum Gasteiger partial charge on any atom is -0.379 e. The van der Waals surface area contributed by atoms with Gasteiger partial charge in [-0.15, -0.1) is 0 Å². The maximum Gasteiger partial charge on any atom is 0.418 e. The smallest absolute Gasteiger partial charge is 0.379 e. The second-order valence-corrected chi connectivity index (χ2v) is 4.36. The maximum absolute atomic E-state index is 12.6. The second kappa shape index (κ2) is 4.73. The molecule has 1 unspecified atom stereocenters. The quantitative estimate of drug-likeness (QED) is 0.899. The lowest BCUT2D eigenvalue weighted by Gasteiger charge is -2.29. The van der Waals surface area contributed by atoms with Gasteiger partial charge in [-0.05, 0) is 11.6 Å². The van der Waals surface area contributed by atoms with Crippen molar-refractivity contribution in [3.05, 3.63) is 34.3 Å². The molecule has 90 valence electrons. The zero-order valence-electron chi connectivity index (χ0n) is 8.26. The summed E-state index contributed by atoms with van der Waals surface area (Å²) in [6.07, 6.45) is -5.30. The molecule has 0 aliphatic carbocycles. The molecule has 0 aliphatic rings. The van der Waals surface area contributed by atoms with Gasteiger partial charge in [0.05, 0.1) is 0 Å². The van der Waals surface area contributed by atoms with Gasteiger partial charge in [0.15, 0.2) is 5.60 Å². The van der Waals surface area contributed by atoms with Crippen LogP contribution in [0.15, 0.2) is 28.7 Å². The fraction of sp³-hybridized carbons (Fsp3) is 0.400. The first-order chi connectivity index (χ1) is 7.30. The Hall–Kier alpha value is -0.590. The molecule has 0 saturated carbocycles. The van der Waals surface area contributed by atoms with Gasteiger partial charge >= 0.3 is 6.18 Å². The highest BCUT2D eigenvalue weighted by Gasteiger charge is 2.52. The first-order valence-electron chi connectivity index (χ1n) is 4.53. The second-order valence-electron chi connectivity index (χ2n) is 3.50. The number of halogens is 4. The number of rotatable bonds is 3. The zero-order valence-corrected chi connectivity index (χ0v) is 9.85. The van der Waals surface area contributed by atoms with E-state index in [0.717, 1.165) is 0 Å². The van der Waals surface area contributed by atoms with Crippen molar-refractivity contribution in [2.45, 2.75) is 18.2 Å². The first-order valence-corrected chi connectivity index (χ1v) is 5.32. The number of aliphatic hydroxyl groups is 1. The van der Waals surface area contributed by atoms with E-state index in [-0.39, 0.29) is 0 Å². The lowest BCUT2D eigenvalue weighted by molar-refractivity contribution is -0.255. The van der Waals surface area contributed by atoms with E-state index in [1.54, 1.807) is 18.2 Å². The van der Waals surface area contributed by atoms with Crippen molar-refractivity contribution < 1.29 is 18.3 Å². The Labute approximate surface area is 99.4 Å². The lowest BCUT2D eigenvalue weighted by Crippen LogP contribution is -2.52. The molecule has 6 heteroatoms. The molecule has 1 atom stereocenters. The average molecular weight is 298 g/mol. The summed E-state index contributed by atoms with van der Waals surface area (Å²) in [7, 11) is 0. The monoisotopic (exact) mass is 297 g/mol. The Morgan fingerprint density at radius 1 is 1.25 bits per heavy atom. The fourth-order valence-electron chi connectivity index (χ4n) is 1.24. The Balaban J connectivity index is 2.99. The van der Waals surface area contributed by atoms with E-state index < -0.39 is 24.7 Å². The zero-order chi connectivity index (χ0) is 12.4. The predicted octanol–water partition coefficient (Wildman–Crippen LogP) is 2.24. The van der Waals surface area contributed by atoms with E-state index in [9.17, 15) is 18.3 Å². The van der Waals surface area contributed by atoms with Crippen molar-refractivity contribution in [1.29, 1.82) is 0 Å². The van der Waals surface area contributed by atoms with Crippen molar-refractivity contribution in [2.75, 3.05) is 6.54 Å². The van der Waals surface area contributed by atoms with E-state index in [0.29, 0.717) is 10.0 Å². The molecular weight excluding hydrogens is 287 g/mol. The van der Waals surface area contributed by atoms with Gasteiger partial charge in [-0.2, -0.15) is 13.2 Å². The SMILES string of the molecule is NCC(O)(Cc1ccccc1Br)C(F)(F)F. The Bertz CT molecular complexity index is 369. The molecule has 3 N–H and O–H groups in total. The van der Waals surface area contributed by atoms with Crippen LogP contribution in [0.2, 0.25) is 0 Å². The summed E-state index contributed by atoms with van der Waals surface area (Å²) >= 11 is 3.13. The number of hydrogen-bond acceptors (Lipinski definition) is 2. The summed E-state index contributed by atoms with van der Waals surface area (Å²) in [5, 5.41) is 9.46. The molecule has 0 amide bonds. The molecule has 0 heterocycles. The van der Waals surface area contributed by atoms with Gasteiger partial charge < -0.3 is 10.8 Å². The van der Waals surface area contributed by atoms with E-state index in [4.69, 9.17) is 5.73 Å². The largest absolute Gasteiger partial charge is 0.418 e. The highest BCUT2D eigenvalue weighted by Crippen LogP contribution is 2.34. The molecule has 0 aromatic heterocycles. The van der Waals surface area contributed by atoms with E-state index in [1.807, 2.05) is 0 Å². The molecule has 0 saturated heterocycles. The van der Waals surface area contributed by atoms with Gasteiger partial charge in [0.25, 0.3) is 0 Å². The van der Waals surface area contributed by atoms with Crippen molar-refractivity contribution in [2.24, 2.45) is 5.73 Å². The molecule has 0 bridgehead atoms. The van der Waals surface area contributed by atoms with Gasteiger partial charge in [-0.1, -0.05) is 34.1 Å². The maximum atomic E-state index is 12.6. The normalized spacial score (nSPS) is 15.9. The summed E-state index contributed by atoms with van der Waals surface area (Å²) in [5.74, 6) is 0. The minimum atomic E-state index is -4.74. The Morgan fingerprint density at radius 2 is 1.81 bits per heavy atom. The highest BCUT2D eigenvalue weighted by molar-refractivity contribution is 9.10. The topological polar surface area (TPSA) is 46.2 Å². The van der Waals surface area contributed by atoms with Crippen LogP contribution in [0.4, 0.5) is 13.2 Å². The molecular formula is C10H11BrF3NO. The Kier molecular flexibility index (Phi) is 3.98. The number of hydrogen-bond donors (Lipinski definition) is 2. The van der Waals surface area contributed by atoms with E-state index in [1.165, 1.54) is 6.07 Å². The molecule has 1 aromatic carbocycles. The van der Waals surface area contributed by atoms with Crippen molar-refractivity contribution in [3.8, 4) is 0 Å². The van der Waals surface area contributed by atoms with Crippen LogP contribution < -0.4 is 5.73 Å². The van der Waals surface area contributed by atoms with E-state index >= 15 is 0 Å². The average Bonchev–Trinajstić information content (AvgIpc) is 2.19. The van der Waals surface area contributed by atoms with Crippen molar-refractivity contribution >= 4 is 15.9 Å². The summed E-state index contributed by atoms with van der Waals surface area (Å²) in [6.45, 7) is -0.863. The molecule has 16 heavy (non-hydrogen) atoms. The molecule has 0 spiro atoms. The van der Waals surface area contributed by atoms with Crippen LogP contribution >= 0.6 is 15.9 Å². The summed E-state index contributed by atoms with van der Waals surface area (Å²) in [5.41, 5.74) is 2.50. The molecule has 0 aliphatic heterocycles. The highest BCUT2D eigenvalue weighted by atomic mass is 79.9. The van der Waals surface area contributed by atoms with Gasteiger partial charge in [-0.3, -0.25) is 0 Å². The van der Waals surface area contributed by atoms with Gasteiger partial charge in [0.1, 0.15) is 0 Å².